The molecule has 2 aromatic rings. The molecule has 2 rings (SSSR count). The molecule has 0 saturated carbocycles. The second kappa shape index (κ2) is 8.24. The molecule has 0 radical (unpaired) electrons. The number of hydrogen-bond acceptors (Lipinski definition) is 5. The molecule has 0 spiro atoms. The third kappa shape index (κ3) is 4.88. The summed E-state index contributed by atoms with van der Waals surface area (Å²) in [5.74, 6) is -0.130. The van der Waals surface area contributed by atoms with E-state index >= 15 is 0 Å². The quantitative estimate of drug-likeness (QED) is 0.418. The molecule has 2 aromatic carbocycles. The van der Waals surface area contributed by atoms with Crippen LogP contribution in [0, 0.1) is 10.1 Å². The molecule has 10 heteroatoms. The second-order valence-electron chi connectivity index (χ2n) is 4.67. The highest BCUT2D eigenvalue weighted by Gasteiger charge is 2.16. The van der Waals surface area contributed by atoms with Crippen molar-refractivity contribution in [2.24, 2.45) is 0 Å². The van der Waals surface area contributed by atoms with Crippen molar-refractivity contribution in [2.45, 2.75) is 0 Å². The zero-order valence-electron chi connectivity index (χ0n) is 12.7. The molecule has 0 aliphatic rings. The highest BCUT2D eigenvalue weighted by Crippen LogP contribution is 2.27. The number of carbonyl (C=O) groups excluding carboxylic acids is 1. The number of nitro benzene ring substituents is 1. The fourth-order valence-electron chi connectivity index (χ4n) is 1.90. The molecule has 2 N–H and O–H groups in total. The van der Waals surface area contributed by atoms with E-state index in [2.05, 4.69) is 26.6 Å². The number of hydrogen-bond donors (Lipinski definition) is 2. The van der Waals surface area contributed by atoms with Crippen molar-refractivity contribution < 1.29 is 14.5 Å². The number of nitrogens with zero attached hydrogens (tertiary/aromatic N) is 1. The van der Waals surface area contributed by atoms with E-state index in [0.717, 1.165) is 0 Å². The molecule has 0 bridgehead atoms. The van der Waals surface area contributed by atoms with E-state index in [-0.39, 0.29) is 27.1 Å². The topological polar surface area (TPSA) is 93.5 Å². The van der Waals surface area contributed by atoms with Crippen LogP contribution in [0.2, 0.25) is 5.02 Å². The Morgan fingerprint density at radius 1 is 1.32 bits per heavy atom. The molecule has 0 atom stereocenters. The fraction of sp³-hybridized carbons (Fsp3) is 0.0667. The van der Waals surface area contributed by atoms with Gasteiger partial charge in [-0.15, -0.1) is 0 Å². The van der Waals surface area contributed by atoms with E-state index in [0.29, 0.717) is 10.2 Å². The van der Waals surface area contributed by atoms with Crippen molar-refractivity contribution in [2.75, 3.05) is 12.4 Å². The summed E-state index contributed by atoms with van der Waals surface area (Å²) in [5.41, 5.74) is 0.322. The SMILES string of the molecule is COc1ccc(Br)cc1C(=O)NC(=S)Nc1cc([N+](=O)[O-])ccc1Cl. The van der Waals surface area contributed by atoms with Crippen LogP contribution in [0.15, 0.2) is 40.9 Å². The van der Waals surface area contributed by atoms with Crippen LogP contribution in [-0.4, -0.2) is 23.1 Å². The van der Waals surface area contributed by atoms with E-state index in [1.807, 2.05) is 0 Å². The first-order chi connectivity index (χ1) is 11.8. The van der Waals surface area contributed by atoms with Gasteiger partial charge in [-0.2, -0.15) is 0 Å². The van der Waals surface area contributed by atoms with Crippen LogP contribution in [0.3, 0.4) is 0 Å². The summed E-state index contributed by atoms with van der Waals surface area (Å²) in [6.45, 7) is 0. The normalized spacial score (nSPS) is 10.0. The number of halogens is 2. The van der Waals surface area contributed by atoms with Crippen LogP contribution in [0.5, 0.6) is 5.75 Å². The van der Waals surface area contributed by atoms with Gasteiger partial charge in [-0.05, 0) is 36.5 Å². The smallest absolute Gasteiger partial charge is 0.271 e. The first kappa shape index (κ1) is 19.1. The number of nitrogens with one attached hydrogen (secondary N) is 2. The maximum atomic E-state index is 12.4. The summed E-state index contributed by atoms with van der Waals surface area (Å²) in [5, 5.41) is 16.1. The Balaban J connectivity index is 2.15. The lowest BCUT2D eigenvalue weighted by molar-refractivity contribution is -0.384. The Bertz CT molecular complexity index is 863. The van der Waals surface area contributed by atoms with Crippen LogP contribution in [-0.2, 0) is 0 Å². The lowest BCUT2D eigenvalue weighted by atomic mass is 10.2. The standard InChI is InChI=1S/C15H11BrClN3O4S/c1-24-13-5-2-8(16)6-10(13)14(21)19-15(25)18-12-7-9(20(22)23)3-4-11(12)17/h2-7H,1H3,(H2,18,19,21,25). The van der Waals surface area contributed by atoms with Gasteiger partial charge in [0, 0.05) is 16.6 Å². The summed E-state index contributed by atoms with van der Waals surface area (Å²) in [4.78, 5) is 22.6. The minimum absolute atomic E-state index is 0.0607. The Morgan fingerprint density at radius 3 is 2.68 bits per heavy atom. The maximum Gasteiger partial charge on any atom is 0.271 e. The molecule has 0 aliphatic heterocycles. The molecule has 0 unspecified atom stereocenters. The van der Waals surface area contributed by atoms with Crippen molar-refractivity contribution in [1.29, 1.82) is 0 Å². The predicted molar refractivity (Wildman–Crippen MR) is 102 cm³/mol. The lowest BCUT2D eigenvalue weighted by Gasteiger charge is -2.12. The molecule has 130 valence electrons. The highest BCUT2D eigenvalue weighted by atomic mass is 79.9. The van der Waals surface area contributed by atoms with Crippen LogP contribution >= 0.6 is 39.7 Å². The first-order valence-electron chi connectivity index (χ1n) is 6.71. The van der Waals surface area contributed by atoms with Crippen LogP contribution in [0.1, 0.15) is 10.4 Å². The summed E-state index contributed by atoms with van der Waals surface area (Å²) >= 11 is 14.3. The van der Waals surface area contributed by atoms with Crippen molar-refractivity contribution in [3.05, 3.63) is 61.6 Å². The van der Waals surface area contributed by atoms with E-state index in [1.165, 1.54) is 25.3 Å². The minimum Gasteiger partial charge on any atom is -0.496 e. The number of non-ortho nitro benzene ring substituents is 1. The molecule has 1 amide bonds. The van der Waals surface area contributed by atoms with E-state index in [9.17, 15) is 14.9 Å². The van der Waals surface area contributed by atoms with Gasteiger partial charge >= 0.3 is 0 Å². The van der Waals surface area contributed by atoms with E-state index in [4.69, 9.17) is 28.6 Å². The third-order valence-electron chi connectivity index (χ3n) is 3.04. The Hall–Kier alpha value is -2.23. The number of carbonyl (C=O) groups is 1. The number of amides is 1. The van der Waals surface area contributed by atoms with Crippen molar-refractivity contribution in [3.8, 4) is 5.75 Å². The second-order valence-corrected chi connectivity index (χ2v) is 6.41. The molecule has 0 heterocycles. The third-order valence-corrected chi connectivity index (χ3v) is 4.07. The highest BCUT2D eigenvalue weighted by molar-refractivity contribution is 9.10. The maximum absolute atomic E-state index is 12.4. The summed E-state index contributed by atoms with van der Waals surface area (Å²) in [7, 11) is 1.44. The first-order valence-corrected chi connectivity index (χ1v) is 8.29. The average Bonchev–Trinajstić information content (AvgIpc) is 2.56. The summed E-state index contributed by atoms with van der Waals surface area (Å²) in [6.07, 6.45) is 0. The van der Waals surface area contributed by atoms with Gasteiger partial charge in [0.15, 0.2) is 5.11 Å². The molecular weight excluding hydrogens is 434 g/mol. The van der Waals surface area contributed by atoms with Gasteiger partial charge in [-0.25, -0.2) is 0 Å². The predicted octanol–water partition coefficient (Wildman–Crippen LogP) is 4.15. The molecule has 0 fully saturated rings. The fourth-order valence-corrected chi connectivity index (χ4v) is 2.63. The molecule has 0 saturated heterocycles. The lowest BCUT2D eigenvalue weighted by Crippen LogP contribution is -2.34. The number of methoxy groups -OCH3 is 1. The van der Waals surface area contributed by atoms with Crippen molar-refractivity contribution in [1.82, 2.24) is 5.32 Å². The molecule has 0 aromatic heterocycles. The molecular formula is C15H11BrClN3O4S. The van der Waals surface area contributed by atoms with E-state index < -0.39 is 10.8 Å². The van der Waals surface area contributed by atoms with Gasteiger partial charge in [-0.3, -0.25) is 20.2 Å². The van der Waals surface area contributed by atoms with Crippen molar-refractivity contribution >= 4 is 62.1 Å². The van der Waals surface area contributed by atoms with Gasteiger partial charge in [0.1, 0.15) is 5.75 Å². The van der Waals surface area contributed by atoms with Crippen LogP contribution in [0.4, 0.5) is 11.4 Å². The van der Waals surface area contributed by atoms with Gasteiger partial charge in [0.25, 0.3) is 11.6 Å². The number of ether oxygens (including phenoxy) is 1. The van der Waals surface area contributed by atoms with Gasteiger partial charge < -0.3 is 10.1 Å². The van der Waals surface area contributed by atoms with Crippen molar-refractivity contribution in [3.63, 3.8) is 0 Å². The Labute approximate surface area is 161 Å². The zero-order chi connectivity index (χ0) is 18.6. The molecule has 0 aliphatic carbocycles. The van der Waals surface area contributed by atoms with E-state index in [1.54, 1.807) is 18.2 Å². The minimum atomic E-state index is -0.560. The Kier molecular flexibility index (Phi) is 6.29. The number of anilines is 1. The summed E-state index contributed by atoms with van der Waals surface area (Å²) in [6, 6.07) is 8.80. The largest absolute Gasteiger partial charge is 0.496 e. The average molecular weight is 445 g/mol. The van der Waals surface area contributed by atoms with Gasteiger partial charge in [0.2, 0.25) is 0 Å². The van der Waals surface area contributed by atoms with Gasteiger partial charge in [0.05, 0.1) is 28.3 Å². The number of rotatable bonds is 4. The number of thiocarbonyl (C=S) groups is 1. The number of benzene rings is 2. The zero-order valence-corrected chi connectivity index (χ0v) is 15.9. The van der Waals surface area contributed by atoms with Crippen LogP contribution < -0.4 is 15.4 Å². The van der Waals surface area contributed by atoms with Gasteiger partial charge in [-0.1, -0.05) is 27.5 Å². The number of nitro groups is 1. The molecule has 7 nitrogen and oxygen atoms in total. The Morgan fingerprint density at radius 2 is 2.04 bits per heavy atom. The monoisotopic (exact) mass is 443 g/mol. The summed E-state index contributed by atoms with van der Waals surface area (Å²) < 4.78 is 5.83. The van der Waals surface area contributed by atoms with Crippen LogP contribution in [0.25, 0.3) is 0 Å². The molecule has 25 heavy (non-hydrogen) atoms.